The highest BCUT2D eigenvalue weighted by Gasteiger charge is 2.56. The van der Waals surface area contributed by atoms with Crippen molar-refractivity contribution in [2.24, 2.45) is 5.41 Å². The van der Waals surface area contributed by atoms with Gasteiger partial charge in [0.1, 0.15) is 11.9 Å². The molecule has 0 saturated heterocycles. The van der Waals surface area contributed by atoms with Gasteiger partial charge in [-0.1, -0.05) is 53.7 Å². The Bertz CT molecular complexity index is 502. The smallest absolute Gasteiger partial charge is 0.139 e. The van der Waals surface area contributed by atoms with Gasteiger partial charge in [-0.2, -0.15) is 0 Å². The first-order chi connectivity index (χ1) is 10.2. The van der Waals surface area contributed by atoms with Crippen LogP contribution in [0.2, 0.25) is 5.02 Å². The van der Waals surface area contributed by atoms with Gasteiger partial charge in [0.15, 0.2) is 0 Å². The van der Waals surface area contributed by atoms with Gasteiger partial charge in [-0.05, 0) is 37.6 Å². The molecule has 0 amide bonds. The van der Waals surface area contributed by atoms with Gasteiger partial charge < -0.3 is 10.1 Å². The lowest BCUT2D eigenvalue weighted by molar-refractivity contribution is -0.102. The van der Waals surface area contributed by atoms with Crippen LogP contribution in [-0.2, 0) is 0 Å². The average Bonchev–Trinajstić information content (AvgIpc) is 2.50. The average molecular weight is 373 g/mol. The Hall–Kier alpha value is -0.250. The molecule has 0 aliphatic heterocycles. The summed E-state index contributed by atoms with van der Waals surface area (Å²) in [6.45, 7) is 3.23. The third-order valence-electron chi connectivity index (χ3n) is 5.18. The minimum atomic E-state index is 0.300. The fourth-order valence-electron chi connectivity index (χ4n) is 4.05. The van der Waals surface area contributed by atoms with Gasteiger partial charge in [0.2, 0.25) is 0 Å². The summed E-state index contributed by atoms with van der Waals surface area (Å²) in [7, 11) is 0. The topological polar surface area (TPSA) is 21.3 Å². The summed E-state index contributed by atoms with van der Waals surface area (Å²) in [4.78, 5) is 0. The predicted molar refractivity (Wildman–Crippen MR) is 91.2 cm³/mol. The van der Waals surface area contributed by atoms with Crippen molar-refractivity contribution in [3.63, 3.8) is 0 Å². The molecule has 2 unspecified atom stereocenters. The van der Waals surface area contributed by atoms with E-state index >= 15 is 0 Å². The van der Waals surface area contributed by atoms with Crippen molar-refractivity contribution in [1.29, 1.82) is 0 Å². The van der Waals surface area contributed by atoms with E-state index in [0.29, 0.717) is 22.6 Å². The lowest BCUT2D eigenvalue weighted by Crippen LogP contribution is -2.65. The first-order valence-electron chi connectivity index (χ1n) is 8.01. The zero-order chi connectivity index (χ0) is 14.9. The molecular weight excluding hydrogens is 350 g/mol. The Balaban J connectivity index is 1.77. The summed E-state index contributed by atoms with van der Waals surface area (Å²) in [6, 6.07) is 6.45. The van der Waals surface area contributed by atoms with Gasteiger partial charge in [0, 0.05) is 22.4 Å². The van der Waals surface area contributed by atoms with E-state index in [0.717, 1.165) is 23.2 Å². The van der Waals surface area contributed by atoms with Crippen LogP contribution >= 0.6 is 27.5 Å². The van der Waals surface area contributed by atoms with Crippen molar-refractivity contribution in [3.8, 4) is 5.75 Å². The van der Waals surface area contributed by atoms with Crippen LogP contribution in [0.25, 0.3) is 0 Å². The molecule has 2 saturated carbocycles. The monoisotopic (exact) mass is 371 g/mol. The van der Waals surface area contributed by atoms with Gasteiger partial charge in [0.25, 0.3) is 0 Å². The van der Waals surface area contributed by atoms with Crippen LogP contribution in [0.5, 0.6) is 5.75 Å². The minimum Gasteiger partial charge on any atom is -0.488 e. The molecule has 3 rings (SSSR count). The van der Waals surface area contributed by atoms with Crippen LogP contribution in [0.15, 0.2) is 22.7 Å². The maximum atomic E-state index is 6.33. The highest BCUT2D eigenvalue weighted by molar-refractivity contribution is 9.10. The first-order valence-corrected chi connectivity index (χ1v) is 9.18. The summed E-state index contributed by atoms with van der Waals surface area (Å²) in [5.41, 5.74) is 0.319. The molecule has 2 aliphatic carbocycles. The summed E-state index contributed by atoms with van der Waals surface area (Å²) in [6.07, 6.45) is 7.97. The summed E-state index contributed by atoms with van der Waals surface area (Å²) in [5, 5.41) is 4.37. The molecule has 4 heteroatoms. The normalized spacial score (nSPS) is 27.4. The Morgan fingerprint density at radius 1 is 1.33 bits per heavy atom. The molecule has 2 atom stereocenters. The summed E-state index contributed by atoms with van der Waals surface area (Å²) in [5.74, 6) is 0.816. The van der Waals surface area contributed by atoms with E-state index in [1.807, 2.05) is 18.2 Å². The highest BCUT2D eigenvalue weighted by Crippen LogP contribution is 2.53. The Morgan fingerprint density at radius 2 is 2.10 bits per heavy atom. The van der Waals surface area contributed by atoms with Crippen molar-refractivity contribution < 1.29 is 4.74 Å². The molecule has 2 fully saturated rings. The fourth-order valence-corrected chi connectivity index (χ4v) is 4.55. The number of halogens is 2. The Morgan fingerprint density at radius 3 is 2.81 bits per heavy atom. The molecule has 21 heavy (non-hydrogen) atoms. The second-order valence-electron chi connectivity index (χ2n) is 6.32. The lowest BCUT2D eigenvalue weighted by atomic mass is 9.55. The van der Waals surface area contributed by atoms with Crippen LogP contribution in [-0.4, -0.2) is 18.7 Å². The molecule has 0 aromatic heterocycles. The van der Waals surface area contributed by atoms with Crippen molar-refractivity contribution in [1.82, 2.24) is 5.32 Å². The number of hydrogen-bond acceptors (Lipinski definition) is 2. The molecule has 2 nitrogen and oxygen atoms in total. The summed E-state index contributed by atoms with van der Waals surface area (Å²) >= 11 is 9.78. The van der Waals surface area contributed by atoms with Crippen molar-refractivity contribution in [3.05, 3.63) is 27.7 Å². The van der Waals surface area contributed by atoms with E-state index in [9.17, 15) is 0 Å². The zero-order valence-electron chi connectivity index (χ0n) is 12.5. The molecule has 116 valence electrons. The van der Waals surface area contributed by atoms with Gasteiger partial charge in [-0.3, -0.25) is 0 Å². The zero-order valence-corrected chi connectivity index (χ0v) is 14.8. The van der Waals surface area contributed by atoms with E-state index in [1.165, 1.54) is 32.1 Å². The van der Waals surface area contributed by atoms with Crippen molar-refractivity contribution in [2.45, 2.75) is 57.6 Å². The van der Waals surface area contributed by atoms with E-state index in [2.05, 4.69) is 28.2 Å². The van der Waals surface area contributed by atoms with Crippen LogP contribution in [0.1, 0.15) is 45.4 Å². The SMILES string of the molecule is CCNC1CC(Oc2cc(Br)ccc2Cl)C12CCCCC2. The van der Waals surface area contributed by atoms with Crippen LogP contribution in [0.3, 0.4) is 0 Å². The molecule has 1 N–H and O–H groups in total. The molecular formula is C17H23BrClNO. The second kappa shape index (κ2) is 6.47. The standard InChI is InChI=1S/C17H23BrClNO/c1-2-20-15-11-16(17(15)8-4-3-5-9-17)21-14-10-12(18)6-7-13(14)19/h6-7,10,15-16,20H,2-5,8-9,11H2,1H3. The quantitative estimate of drug-likeness (QED) is 0.786. The van der Waals surface area contributed by atoms with Crippen LogP contribution in [0.4, 0.5) is 0 Å². The third-order valence-corrected chi connectivity index (χ3v) is 5.99. The first kappa shape index (κ1) is 15.6. The minimum absolute atomic E-state index is 0.300. The van der Waals surface area contributed by atoms with Gasteiger partial charge in [0.05, 0.1) is 5.02 Å². The van der Waals surface area contributed by atoms with Crippen LogP contribution in [0, 0.1) is 5.41 Å². The highest BCUT2D eigenvalue weighted by atomic mass is 79.9. The molecule has 1 aromatic rings. The Kier molecular flexibility index (Phi) is 4.82. The molecule has 1 spiro atoms. The fraction of sp³-hybridized carbons (Fsp3) is 0.647. The number of benzene rings is 1. The predicted octanol–water partition coefficient (Wildman–Crippen LogP) is 5.18. The molecule has 0 heterocycles. The molecule has 0 bridgehead atoms. The number of rotatable bonds is 4. The van der Waals surface area contributed by atoms with E-state index < -0.39 is 0 Å². The van der Waals surface area contributed by atoms with E-state index in [4.69, 9.17) is 16.3 Å². The second-order valence-corrected chi connectivity index (χ2v) is 7.64. The summed E-state index contributed by atoms with van der Waals surface area (Å²) < 4.78 is 7.35. The molecule has 2 aliphatic rings. The number of ether oxygens (including phenoxy) is 1. The van der Waals surface area contributed by atoms with Crippen molar-refractivity contribution >= 4 is 27.5 Å². The number of nitrogens with one attached hydrogen (secondary N) is 1. The van der Waals surface area contributed by atoms with Crippen LogP contribution < -0.4 is 10.1 Å². The van der Waals surface area contributed by atoms with E-state index in [-0.39, 0.29) is 0 Å². The third kappa shape index (κ3) is 2.97. The van der Waals surface area contributed by atoms with Gasteiger partial charge >= 0.3 is 0 Å². The Labute approximate surface area is 140 Å². The lowest BCUT2D eigenvalue weighted by Gasteiger charge is -2.57. The molecule has 1 aromatic carbocycles. The molecule has 0 radical (unpaired) electrons. The maximum Gasteiger partial charge on any atom is 0.139 e. The van der Waals surface area contributed by atoms with E-state index in [1.54, 1.807) is 0 Å². The van der Waals surface area contributed by atoms with Crippen molar-refractivity contribution in [2.75, 3.05) is 6.54 Å². The van der Waals surface area contributed by atoms with Gasteiger partial charge in [-0.15, -0.1) is 0 Å². The number of hydrogen-bond donors (Lipinski definition) is 1. The van der Waals surface area contributed by atoms with Gasteiger partial charge in [-0.25, -0.2) is 0 Å². The maximum absolute atomic E-state index is 6.33. The largest absolute Gasteiger partial charge is 0.488 e.